The number of rotatable bonds is 3. The Bertz CT molecular complexity index is 68.9. The van der Waals surface area contributed by atoms with Crippen LogP contribution in [0.2, 0.25) is 0 Å². The second-order valence-corrected chi connectivity index (χ2v) is 1.98. The highest BCUT2D eigenvalue weighted by Crippen LogP contribution is 1.90. The van der Waals surface area contributed by atoms with E-state index in [9.17, 15) is 0 Å². The summed E-state index contributed by atoms with van der Waals surface area (Å²) in [4.78, 5) is 4.75. The average Bonchev–Trinajstić information content (AvgIpc) is 1.66. The highest BCUT2D eigenvalue weighted by molar-refractivity contribution is 5.60. The lowest BCUT2D eigenvalue weighted by atomic mass is 10.2. The first-order valence-corrected chi connectivity index (χ1v) is 2.70. The van der Waals surface area contributed by atoms with Gasteiger partial charge in [-0.15, -0.1) is 0 Å². The molecule has 0 atom stereocenters. The summed E-state index contributed by atoms with van der Waals surface area (Å²) in [5.74, 6) is 0.540. The van der Waals surface area contributed by atoms with E-state index in [-0.39, 0.29) is 0 Å². The number of oxime groups is 1. The minimum absolute atomic E-state index is 0.540. The highest BCUT2D eigenvalue weighted by Gasteiger charge is 1.89. The van der Waals surface area contributed by atoms with Crippen LogP contribution in [0.1, 0.15) is 13.8 Å². The van der Waals surface area contributed by atoms with Gasteiger partial charge >= 0.3 is 0 Å². The van der Waals surface area contributed by atoms with Crippen molar-refractivity contribution < 1.29 is 4.84 Å². The van der Waals surface area contributed by atoms with Gasteiger partial charge in [-0.1, -0.05) is 19.0 Å². The molecule has 0 unspecified atom stereocenters. The van der Waals surface area contributed by atoms with Gasteiger partial charge in [0.2, 0.25) is 0 Å². The van der Waals surface area contributed by atoms with Crippen LogP contribution in [0.4, 0.5) is 0 Å². The molecular formula is C6H12NO. The number of hydrogen-bond acceptors (Lipinski definition) is 2. The van der Waals surface area contributed by atoms with E-state index in [4.69, 9.17) is 4.84 Å². The van der Waals surface area contributed by atoms with Gasteiger partial charge in [0.15, 0.2) is 0 Å². The Morgan fingerprint density at radius 1 is 1.75 bits per heavy atom. The van der Waals surface area contributed by atoms with Crippen molar-refractivity contribution >= 4 is 6.21 Å². The third-order valence-electron chi connectivity index (χ3n) is 0.557. The van der Waals surface area contributed by atoms with Crippen molar-refractivity contribution in [3.63, 3.8) is 0 Å². The average molecular weight is 114 g/mol. The highest BCUT2D eigenvalue weighted by atomic mass is 16.6. The molecule has 0 spiro atoms. The molecule has 0 aromatic rings. The van der Waals surface area contributed by atoms with Crippen LogP contribution in [0.25, 0.3) is 0 Å². The second-order valence-electron chi connectivity index (χ2n) is 1.98. The summed E-state index contributed by atoms with van der Waals surface area (Å²) in [6, 6.07) is 0. The monoisotopic (exact) mass is 114 g/mol. The van der Waals surface area contributed by atoms with Crippen LogP contribution < -0.4 is 0 Å². The Hall–Kier alpha value is -0.530. The minimum atomic E-state index is 0.540. The van der Waals surface area contributed by atoms with E-state index in [1.807, 2.05) is 0 Å². The third-order valence-corrected chi connectivity index (χ3v) is 0.557. The first-order valence-electron chi connectivity index (χ1n) is 2.70. The number of hydrogen-bond donors (Lipinski definition) is 0. The summed E-state index contributed by atoms with van der Waals surface area (Å²) in [5, 5.41) is 3.48. The lowest BCUT2D eigenvalue weighted by Gasteiger charge is -1.99. The Labute approximate surface area is 50.5 Å². The SMILES string of the molecule is [CH2]C=NOCC(C)C. The molecule has 0 rings (SSSR count). The smallest absolute Gasteiger partial charge is 0.119 e. The van der Waals surface area contributed by atoms with Gasteiger partial charge in [0.25, 0.3) is 0 Å². The Kier molecular flexibility index (Phi) is 4.32. The van der Waals surface area contributed by atoms with Gasteiger partial charge in [0, 0.05) is 6.21 Å². The lowest BCUT2D eigenvalue weighted by molar-refractivity contribution is 0.120. The van der Waals surface area contributed by atoms with E-state index in [0.717, 1.165) is 0 Å². The molecule has 2 nitrogen and oxygen atoms in total. The fourth-order valence-electron chi connectivity index (χ4n) is 0.245. The van der Waals surface area contributed by atoms with Gasteiger partial charge in [-0.2, -0.15) is 0 Å². The largest absolute Gasteiger partial charge is 0.396 e. The van der Waals surface area contributed by atoms with Crippen molar-refractivity contribution in [2.75, 3.05) is 6.61 Å². The van der Waals surface area contributed by atoms with E-state index in [1.54, 1.807) is 0 Å². The topological polar surface area (TPSA) is 21.6 Å². The van der Waals surface area contributed by atoms with Crippen molar-refractivity contribution in [3.8, 4) is 0 Å². The molecule has 47 valence electrons. The molecule has 0 aliphatic rings. The molecule has 0 aliphatic heterocycles. The van der Waals surface area contributed by atoms with E-state index >= 15 is 0 Å². The molecule has 0 N–H and O–H groups in total. The molecule has 1 radical (unpaired) electrons. The fraction of sp³-hybridized carbons (Fsp3) is 0.667. The predicted octanol–water partition coefficient (Wildman–Crippen LogP) is 1.48. The van der Waals surface area contributed by atoms with E-state index in [2.05, 4.69) is 25.9 Å². The summed E-state index contributed by atoms with van der Waals surface area (Å²) >= 11 is 0. The maximum absolute atomic E-state index is 4.75. The molecule has 0 amide bonds. The first-order chi connectivity index (χ1) is 3.77. The Morgan fingerprint density at radius 2 is 2.38 bits per heavy atom. The summed E-state index contributed by atoms with van der Waals surface area (Å²) in [6.45, 7) is 8.17. The van der Waals surface area contributed by atoms with E-state index in [0.29, 0.717) is 12.5 Å². The summed E-state index contributed by atoms with van der Waals surface area (Å²) in [6.07, 6.45) is 1.39. The summed E-state index contributed by atoms with van der Waals surface area (Å²) in [7, 11) is 0. The standard InChI is InChI=1S/C6H12NO/c1-4-7-8-5-6(2)3/h4,6H,1,5H2,2-3H3. The molecule has 0 aliphatic carbocycles. The quantitative estimate of drug-likeness (QED) is 0.402. The zero-order chi connectivity index (χ0) is 6.41. The lowest BCUT2D eigenvalue weighted by Crippen LogP contribution is -1.96. The van der Waals surface area contributed by atoms with Gasteiger partial charge in [0.1, 0.15) is 6.61 Å². The van der Waals surface area contributed by atoms with Crippen molar-refractivity contribution in [1.82, 2.24) is 0 Å². The van der Waals surface area contributed by atoms with Crippen LogP contribution in [0.5, 0.6) is 0 Å². The molecule has 0 bridgehead atoms. The van der Waals surface area contributed by atoms with E-state index < -0.39 is 0 Å². The fourth-order valence-corrected chi connectivity index (χ4v) is 0.245. The molecule has 0 aromatic carbocycles. The molecule has 0 aromatic heterocycles. The molecular weight excluding hydrogens is 102 g/mol. The van der Waals surface area contributed by atoms with Gasteiger partial charge < -0.3 is 4.84 Å². The van der Waals surface area contributed by atoms with Crippen molar-refractivity contribution in [2.45, 2.75) is 13.8 Å². The zero-order valence-electron chi connectivity index (χ0n) is 5.42. The van der Waals surface area contributed by atoms with E-state index in [1.165, 1.54) is 6.21 Å². The summed E-state index contributed by atoms with van der Waals surface area (Å²) in [5.41, 5.74) is 0. The first kappa shape index (κ1) is 7.47. The van der Waals surface area contributed by atoms with Crippen LogP contribution in [-0.4, -0.2) is 12.8 Å². The van der Waals surface area contributed by atoms with Gasteiger partial charge in [-0.25, -0.2) is 0 Å². The molecule has 0 saturated heterocycles. The zero-order valence-corrected chi connectivity index (χ0v) is 5.42. The van der Waals surface area contributed by atoms with Crippen LogP contribution in [-0.2, 0) is 4.84 Å². The second kappa shape index (κ2) is 4.62. The van der Waals surface area contributed by atoms with Crippen LogP contribution in [0, 0.1) is 12.8 Å². The molecule has 2 heteroatoms. The minimum Gasteiger partial charge on any atom is -0.396 e. The van der Waals surface area contributed by atoms with Crippen LogP contribution in [0.15, 0.2) is 5.16 Å². The Balaban J connectivity index is 2.93. The third kappa shape index (κ3) is 5.47. The number of nitrogens with zero attached hydrogens (tertiary/aromatic N) is 1. The van der Waals surface area contributed by atoms with Crippen molar-refractivity contribution in [1.29, 1.82) is 0 Å². The molecule has 0 heterocycles. The van der Waals surface area contributed by atoms with Crippen molar-refractivity contribution in [2.24, 2.45) is 11.1 Å². The van der Waals surface area contributed by atoms with Crippen LogP contribution in [0.3, 0.4) is 0 Å². The maximum Gasteiger partial charge on any atom is 0.119 e. The molecule has 0 fully saturated rings. The van der Waals surface area contributed by atoms with Gasteiger partial charge in [0.05, 0.1) is 0 Å². The van der Waals surface area contributed by atoms with Gasteiger partial charge in [-0.05, 0) is 12.8 Å². The predicted molar refractivity (Wildman–Crippen MR) is 34.6 cm³/mol. The maximum atomic E-state index is 4.75. The molecule has 0 saturated carbocycles. The van der Waals surface area contributed by atoms with Crippen LogP contribution >= 0.6 is 0 Å². The normalized spacial score (nSPS) is 11.0. The molecule has 8 heavy (non-hydrogen) atoms. The van der Waals surface area contributed by atoms with Gasteiger partial charge in [-0.3, -0.25) is 0 Å². The Morgan fingerprint density at radius 3 is 2.75 bits per heavy atom. The summed E-state index contributed by atoms with van der Waals surface area (Å²) < 4.78 is 0. The van der Waals surface area contributed by atoms with Crippen molar-refractivity contribution in [3.05, 3.63) is 6.92 Å².